The Kier molecular flexibility index (Phi) is 1.64. The molecule has 7 heteroatoms. The molecule has 0 radical (unpaired) electrons. The molecule has 0 aromatic carbocycles. The minimum atomic E-state index is -5.07. The maximum Gasteiger partial charge on any atom is 0.448 e. The van der Waals surface area contributed by atoms with Crippen molar-refractivity contribution in [1.29, 1.82) is 0 Å². The molecule has 1 aliphatic heterocycles. The first kappa shape index (κ1) is 8.98. The van der Waals surface area contributed by atoms with Gasteiger partial charge < -0.3 is 10.4 Å². The molecule has 1 aliphatic rings. The summed E-state index contributed by atoms with van der Waals surface area (Å²) in [6.07, 6.45) is -5.07. The highest BCUT2D eigenvalue weighted by Crippen LogP contribution is 2.33. The van der Waals surface area contributed by atoms with E-state index in [0.717, 1.165) is 6.92 Å². The summed E-state index contributed by atoms with van der Waals surface area (Å²) in [6, 6.07) is 0. The van der Waals surface area contributed by atoms with Gasteiger partial charge in [0, 0.05) is 0 Å². The van der Waals surface area contributed by atoms with Crippen LogP contribution >= 0.6 is 0 Å². The third-order valence-corrected chi connectivity index (χ3v) is 1.34. The summed E-state index contributed by atoms with van der Waals surface area (Å²) in [5, 5.41) is 10.5. The average Bonchev–Trinajstić information content (AvgIpc) is 2.06. The Morgan fingerprint density at radius 3 is 2.25 bits per heavy atom. The van der Waals surface area contributed by atoms with Crippen LogP contribution in [0.4, 0.5) is 13.2 Å². The van der Waals surface area contributed by atoms with Gasteiger partial charge in [0.05, 0.1) is 0 Å². The third kappa shape index (κ3) is 1.06. The molecule has 1 unspecified atom stereocenters. The first-order valence-electron chi connectivity index (χ1n) is 2.94. The minimum Gasteiger partial charge on any atom is -0.355 e. The molecule has 1 rings (SSSR count). The van der Waals surface area contributed by atoms with Crippen molar-refractivity contribution in [3.8, 4) is 0 Å². The lowest BCUT2D eigenvalue weighted by atomic mass is 10.2. The van der Waals surface area contributed by atoms with Gasteiger partial charge >= 0.3 is 11.9 Å². The van der Waals surface area contributed by atoms with Crippen molar-refractivity contribution < 1.29 is 23.1 Å². The molecule has 1 heterocycles. The van der Waals surface area contributed by atoms with Gasteiger partial charge in [-0.3, -0.25) is 4.79 Å². The van der Waals surface area contributed by atoms with Gasteiger partial charge in [0.15, 0.2) is 0 Å². The van der Waals surface area contributed by atoms with Crippen LogP contribution in [0.2, 0.25) is 0 Å². The van der Waals surface area contributed by atoms with Crippen LogP contribution < -0.4 is 5.32 Å². The van der Waals surface area contributed by atoms with Gasteiger partial charge in [0.2, 0.25) is 0 Å². The number of hydrogen-bond donors (Lipinski definition) is 2. The van der Waals surface area contributed by atoms with Crippen LogP contribution in [0.1, 0.15) is 6.92 Å². The van der Waals surface area contributed by atoms with Gasteiger partial charge in [0.25, 0.3) is 5.91 Å². The molecule has 68 valence electrons. The highest BCUT2D eigenvalue weighted by atomic mass is 19.4. The van der Waals surface area contributed by atoms with Crippen molar-refractivity contribution in [3.63, 3.8) is 0 Å². The second-order valence-electron chi connectivity index (χ2n) is 2.32. The number of aliphatic imine (C=N–C) groups is 1. The summed E-state index contributed by atoms with van der Waals surface area (Å²) in [4.78, 5) is 13.3. The molecule has 0 saturated heterocycles. The van der Waals surface area contributed by atoms with Crippen molar-refractivity contribution in [2.45, 2.75) is 18.8 Å². The van der Waals surface area contributed by atoms with Crippen LogP contribution in [0, 0.1) is 0 Å². The Bertz CT molecular complexity index is 260. The molecular formula is C5H5F3N2O2. The van der Waals surface area contributed by atoms with E-state index in [9.17, 15) is 18.0 Å². The Hall–Kier alpha value is -1.11. The van der Waals surface area contributed by atoms with Gasteiger partial charge in [-0.25, -0.2) is 4.99 Å². The van der Waals surface area contributed by atoms with E-state index in [2.05, 4.69) is 4.99 Å². The molecule has 0 aliphatic carbocycles. The van der Waals surface area contributed by atoms with Gasteiger partial charge in [-0.05, 0) is 6.92 Å². The number of nitrogens with zero attached hydrogens (tertiary/aromatic N) is 1. The Morgan fingerprint density at radius 1 is 1.58 bits per heavy atom. The summed E-state index contributed by atoms with van der Waals surface area (Å²) in [5.74, 6) is -1.81. The van der Waals surface area contributed by atoms with E-state index >= 15 is 0 Å². The predicted octanol–water partition coefficient (Wildman–Crippen LogP) is -0.214. The van der Waals surface area contributed by atoms with Gasteiger partial charge in [-0.15, -0.1) is 0 Å². The molecule has 1 atom stereocenters. The zero-order valence-electron chi connectivity index (χ0n) is 5.94. The number of carbonyl (C=O) groups is 1. The number of nitrogens with one attached hydrogen (secondary N) is 1. The lowest BCUT2D eigenvalue weighted by molar-refractivity contribution is -0.245. The van der Waals surface area contributed by atoms with Crippen molar-refractivity contribution >= 4 is 11.7 Å². The first-order valence-corrected chi connectivity index (χ1v) is 2.94. The highest BCUT2D eigenvalue weighted by Gasteiger charge is 2.62. The molecule has 0 aromatic rings. The molecular weight excluding hydrogens is 177 g/mol. The van der Waals surface area contributed by atoms with Crippen LogP contribution in [0.3, 0.4) is 0 Å². The number of carbonyl (C=O) groups excluding carboxylic acids is 1. The molecule has 2 N–H and O–H groups in total. The first-order chi connectivity index (χ1) is 5.27. The Balaban J connectivity index is 3.07. The van der Waals surface area contributed by atoms with E-state index in [0.29, 0.717) is 0 Å². The maximum absolute atomic E-state index is 12.0. The molecule has 1 amide bonds. The zero-order valence-corrected chi connectivity index (χ0v) is 5.94. The molecule has 0 spiro atoms. The number of hydrogen-bond acceptors (Lipinski definition) is 3. The summed E-state index contributed by atoms with van der Waals surface area (Å²) >= 11 is 0. The third-order valence-electron chi connectivity index (χ3n) is 1.34. The maximum atomic E-state index is 12.0. The number of halogens is 3. The van der Waals surface area contributed by atoms with Gasteiger partial charge in [0.1, 0.15) is 5.84 Å². The number of alkyl halides is 3. The second-order valence-corrected chi connectivity index (χ2v) is 2.32. The second kappa shape index (κ2) is 2.19. The monoisotopic (exact) mass is 182 g/mol. The summed E-state index contributed by atoms with van der Waals surface area (Å²) < 4.78 is 35.9. The molecule has 0 fully saturated rings. The molecule has 0 aromatic heterocycles. The van der Waals surface area contributed by atoms with Crippen molar-refractivity contribution in [3.05, 3.63) is 0 Å². The zero-order chi connectivity index (χ0) is 9.57. The smallest absolute Gasteiger partial charge is 0.355 e. The average molecular weight is 182 g/mol. The normalized spacial score (nSPS) is 30.1. The van der Waals surface area contributed by atoms with Crippen molar-refractivity contribution in [1.82, 2.24) is 5.32 Å². The molecule has 4 nitrogen and oxygen atoms in total. The van der Waals surface area contributed by atoms with Crippen molar-refractivity contribution in [2.24, 2.45) is 4.99 Å². The summed E-state index contributed by atoms with van der Waals surface area (Å²) in [7, 11) is 0. The predicted molar refractivity (Wildman–Crippen MR) is 32.3 cm³/mol. The van der Waals surface area contributed by atoms with Crippen LogP contribution in [0.5, 0.6) is 0 Å². The fourth-order valence-corrected chi connectivity index (χ4v) is 0.765. The van der Waals surface area contributed by atoms with Gasteiger partial charge in [-0.2, -0.15) is 13.2 Å². The lowest BCUT2D eigenvalue weighted by Gasteiger charge is -2.18. The van der Waals surface area contributed by atoms with Gasteiger partial charge in [-0.1, -0.05) is 0 Å². The van der Waals surface area contributed by atoms with Crippen LogP contribution in [0.25, 0.3) is 0 Å². The highest BCUT2D eigenvalue weighted by molar-refractivity contribution is 6.06. The molecule has 0 bridgehead atoms. The lowest BCUT2D eigenvalue weighted by Crippen LogP contribution is -2.51. The molecule has 0 saturated carbocycles. The minimum absolute atomic E-state index is 0.250. The standard InChI is InChI=1S/C5H5F3N2O2/c1-2-9-3(11)4(12,10-2)5(6,7)8/h12H,1H3,(H,9,10,11). The number of rotatable bonds is 0. The molecule has 12 heavy (non-hydrogen) atoms. The Labute approximate surface area is 65.1 Å². The SMILES string of the molecule is CC1=NC(O)(C(F)(F)F)C(=O)N1. The fraction of sp³-hybridized carbons (Fsp3) is 0.600. The topological polar surface area (TPSA) is 61.7 Å². The van der Waals surface area contributed by atoms with E-state index in [1.165, 1.54) is 0 Å². The van der Waals surface area contributed by atoms with Crippen LogP contribution in [-0.4, -0.2) is 28.8 Å². The summed E-state index contributed by atoms with van der Waals surface area (Å²) in [5.41, 5.74) is -3.60. The van der Waals surface area contributed by atoms with Crippen LogP contribution in [-0.2, 0) is 4.79 Å². The van der Waals surface area contributed by atoms with E-state index in [1.54, 1.807) is 5.32 Å². The van der Waals surface area contributed by atoms with E-state index in [4.69, 9.17) is 5.11 Å². The Morgan fingerprint density at radius 2 is 2.08 bits per heavy atom. The van der Waals surface area contributed by atoms with E-state index < -0.39 is 17.8 Å². The fourth-order valence-electron chi connectivity index (χ4n) is 0.765. The van der Waals surface area contributed by atoms with E-state index in [-0.39, 0.29) is 5.84 Å². The van der Waals surface area contributed by atoms with E-state index in [1.807, 2.05) is 0 Å². The van der Waals surface area contributed by atoms with Crippen LogP contribution in [0.15, 0.2) is 4.99 Å². The number of aliphatic hydroxyl groups is 1. The summed E-state index contributed by atoms with van der Waals surface area (Å²) in [6.45, 7) is 1.15. The number of amidine groups is 1. The number of amides is 1. The quantitative estimate of drug-likeness (QED) is 0.544. The van der Waals surface area contributed by atoms with Crippen molar-refractivity contribution in [2.75, 3.05) is 0 Å². The largest absolute Gasteiger partial charge is 0.448 e.